The molecule has 2 aliphatic rings. The van der Waals surface area contributed by atoms with Gasteiger partial charge in [0.1, 0.15) is 5.82 Å². The fourth-order valence-electron chi connectivity index (χ4n) is 3.13. The van der Waals surface area contributed by atoms with E-state index < -0.39 is 11.7 Å². The molecule has 2 fully saturated rings. The molecule has 0 bridgehead atoms. The highest BCUT2D eigenvalue weighted by Gasteiger charge is 2.37. The number of hydrogen-bond acceptors (Lipinski definition) is 3. The average molecular weight is 306 g/mol. The molecule has 0 radical (unpaired) electrons. The summed E-state index contributed by atoms with van der Waals surface area (Å²) in [6.07, 6.45) is -1.38. The molecule has 20 heavy (non-hydrogen) atoms. The number of fused-ring (bicyclic) bond motifs is 1. The van der Waals surface area contributed by atoms with Gasteiger partial charge < -0.3 is 10.2 Å². The first-order valence-corrected chi connectivity index (χ1v) is 7.04. The number of anilines is 1. The predicted octanol–water partition coefficient (Wildman–Crippen LogP) is 2.94. The first-order valence-electron chi connectivity index (χ1n) is 6.67. The summed E-state index contributed by atoms with van der Waals surface area (Å²) in [4.78, 5) is 6.03. The second kappa shape index (κ2) is 5.07. The fourth-order valence-corrected chi connectivity index (χ4v) is 3.40. The van der Waals surface area contributed by atoms with Crippen LogP contribution >= 0.6 is 11.6 Å². The van der Waals surface area contributed by atoms with E-state index in [1.54, 1.807) is 0 Å². The molecule has 0 spiro atoms. The number of nitrogens with zero attached hydrogens (tertiary/aromatic N) is 2. The maximum Gasteiger partial charge on any atom is 0.417 e. The molecule has 2 atom stereocenters. The van der Waals surface area contributed by atoms with Crippen LogP contribution in [0.4, 0.5) is 19.0 Å². The van der Waals surface area contributed by atoms with Crippen molar-refractivity contribution in [3.05, 3.63) is 22.8 Å². The maximum atomic E-state index is 12.6. The lowest BCUT2D eigenvalue weighted by Gasteiger charge is -2.38. The highest BCUT2D eigenvalue weighted by Crippen LogP contribution is 2.37. The molecule has 0 aliphatic carbocycles. The Morgan fingerprint density at radius 2 is 2.15 bits per heavy atom. The van der Waals surface area contributed by atoms with E-state index in [0.29, 0.717) is 11.7 Å². The van der Waals surface area contributed by atoms with Crippen LogP contribution in [0.25, 0.3) is 0 Å². The van der Waals surface area contributed by atoms with E-state index in [1.165, 1.54) is 0 Å². The van der Waals surface area contributed by atoms with Crippen molar-refractivity contribution in [3.63, 3.8) is 0 Å². The van der Waals surface area contributed by atoms with Crippen LogP contribution in [0.1, 0.15) is 18.4 Å². The number of pyridine rings is 1. The van der Waals surface area contributed by atoms with Gasteiger partial charge in [0.05, 0.1) is 10.6 Å². The van der Waals surface area contributed by atoms with Gasteiger partial charge in [-0.15, -0.1) is 0 Å². The molecule has 1 aromatic rings. The summed E-state index contributed by atoms with van der Waals surface area (Å²) in [5.41, 5.74) is -0.802. The Morgan fingerprint density at radius 3 is 2.85 bits per heavy atom. The minimum atomic E-state index is -4.41. The predicted molar refractivity (Wildman–Crippen MR) is 71.0 cm³/mol. The van der Waals surface area contributed by atoms with Crippen LogP contribution in [0.3, 0.4) is 0 Å². The van der Waals surface area contributed by atoms with E-state index in [0.717, 1.165) is 44.7 Å². The molecule has 0 amide bonds. The van der Waals surface area contributed by atoms with Crippen LogP contribution < -0.4 is 10.2 Å². The van der Waals surface area contributed by atoms with Gasteiger partial charge in [-0.2, -0.15) is 13.2 Å². The lowest BCUT2D eigenvalue weighted by molar-refractivity contribution is -0.137. The van der Waals surface area contributed by atoms with Crippen molar-refractivity contribution in [1.82, 2.24) is 10.3 Å². The maximum absolute atomic E-state index is 12.6. The highest BCUT2D eigenvalue weighted by molar-refractivity contribution is 6.33. The molecule has 3 rings (SSSR count). The third-order valence-corrected chi connectivity index (χ3v) is 4.38. The molecule has 7 heteroatoms. The normalized spacial score (nSPS) is 26.7. The van der Waals surface area contributed by atoms with E-state index in [2.05, 4.69) is 15.2 Å². The Labute approximate surface area is 120 Å². The van der Waals surface area contributed by atoms with Gasteiger partial charge in [-0.3, -0.25) is 0 Å². The molecule has 1 aromatic heterocycles. The SMILES string of the molecule is FC(F)(F)c1cnc(N2CCCC3CNCC32)c(Cl)c1. The van der Waals surface area contributed by atoms with Crippen molar-refractivity contribution in [3.8, 4) is 0 Å². The Bertz CT molecular complexity index is 506. The lowest BCUT2D eigenvalue weighted by atomic mass is 9.92. The molecular weight excluding hydrogens is 291 g/mol. The van der Waals surface area contributed by atoms with Crippen molar-refractivity contribution >= 4 is 17.4 Å². The van der Waals surface area contributed by atoms with Crippen LogP contribution in [-0.2, 0) is 6.18 Å². The molecular formula is C13H15ClF3N3. The Hall–Kier alpha value is -1.01. The van der Waals surface area contributed by atoms with E-state index in [1.807, 2.05) is 0 Å². The smallest absolute Gasteiger partial charge is 0.351 e. The highest BCUT2D eigenvalue weighted by atomic mass is 35.5. The number of aromatic nitrogens is 1. The quantitative estimate of drug-likeness (QED) is 0.864. The minimum Gasteiger partial charge on any atom is -0.351 e. The summed E-state index contributed by atoms with van der Waals surface area (Å²) in [5.74, 6) is 1.00. The largest absolute Gasteiger partial charge is 0.417 e. The molecule has 2 saturated heterocycles. The van der Waals surface area contributed by atoms with E-state index in [-0.39, 0.29) is 11.1 Å². The number of halogens is 4. The summed E-state index contributed by atoms with van der Waals surface area (Å²) in [7, 11) is 0. The molecule has 2 aliphatic heterocycles. The van der Waals surface area contributed by atoms with Gasteiger partial charge in [-0.25, -0.2) is 4.98 Å². The third-order valence-electron chi connectivity index (χ3n) is 4.10. The van der Waals surface area contributed by atoms with Crippen molar-refractivity contribution in [1.29, 1.82) is 0 Å². The van der Waals surface area contributed by atoms with Crippen molar-refractivity contribution in [2.45, 2.75) is 25.1 Å². The van der Waals surface area contributed by atoms with Gasteiger partial charge in [0.15, 0.2) is 0 Å². The summed E-state index contributed by atoms with van der Waals surface area (Å²) < 4.78 is 37.9. The summed E-state index contributed by atoms with van der Waals surface area (Å²) in [6.45, 7) is 2.59. The molecule has 3 nitrogen and oxygen atoms in total. The first kappa shape index (κ1) is 13.9. The Kier molecular flexibility index (Phi) is 3.54. The standard InChI is InChI=1S/C13H15ClF3N3/c14-10-4-9(13(15,16)17)6-19-12(10)20-3-1-2-8-5-18-7-11(8)20/h4,6,8,11,18H,1-3,5,7H2. The van der Waals surface area contributed by atoms with E-state index in [4.69, 9.17) is 11.6 Å². The van der Waals surface area contributed by atoms with E-state index >= 15 is 0 Å². The van der Waals surface area contributed by atoms with Crippen LogP contribution in [0, 0.1) is 5.92 Å². The number of alkyl halides is 3. The van der Waals surface area contributed by atoms with Gasteiger partial charge >= 0.3 is 6.18 Å². The monoisotopic (exact) mass is 305 g/mol. The Morgan fingerprint density at radius 1 is 1.35 bits per heavy atom. The molecule has 1 N–H and O–H groups in total. The molecule has 0 aromatic carbocycles. The fraction of sp³-hybridized carbons (Fsp3) is 0.615. The summed E-state index contributed by atoms with van der Waals surface area (Å²) in [6, 6.07) is 1.25. The Balaban J connectivity index is 1.90. The molecule has 2 unspecified atom stereocenters. The molecule has 3 heterocycles. The van der Waals surface area contributed by atoms with Gasteiger partial charge in [0.25, 0.3) is 0 Å². The van der Waals surface area contributed by atoms with Gasteiger partial charge in [-0.1, -0.05) is 11.6 Å². The summed E-state index contributed by atoms with van der Waals surface area (Å²) >= 11 is 6.03. The lowest BCUT2D eigenvalue weighted by Crippen LogP contribution is -2.45. The minimum absolute atomic E-state index is 0.0763. The van der Waals surface area contributed by atoms with Gasteiger partial charge in [0, 0.05) is 31.9 Å². The van der Waals surface area contributed by atoms with Crippen LogP contribution in [0.15, 0.2) is 12.3 Å². The van der Waals surface area contributed by atoms with Crippen molar-refractivity contribution < 1.29 is 13.2 Å². The van der Waals surface area contributed by atoms with Crippen LogP contribution in [0.5, 0.6) is 0 Å². The second-order valence-corrected chi connectivity index (χ2v) is 5.76. The van der Waals surface area contributed by atoms with Crippen LogP contribution in [-0.4, -0.2) is 30.7 Å². The van der Waals surface area contributed by atoms with E-state index in [9.17, 15) is 13.2 Å². The number of hydrogen-bond donors (Lipinski definition) is 1. The zero-order valence-electron chi connectivity index (χ0n) is 10.8. The second-order valence-electron chi connectivity index (χ2n) is 5.35. The van der Waals surface area contributed by atoms with Crippen molar-refractivity contribution in [2.24, 2.45) is 5.92 Å². The zero-order chi connectivity index (χ0) is 14.3. The number of piperidine rings is 1. The van der Waals surface area contributed by atoms with Gasteiger partial charge in [0.2, 0.25) is 0 Å². The van der Waals surface area contributed by atoms with Crippen LogP contribution in [0.2, 0.25) is 5.02 Å². The third kappa shape index (κ3) is 2.46. The average Bonchev–Trinajstić information content (AvgIpc) is 2.85. The van der Waals surface area contributed by atoms with Crippen molar-refractivity contribution in [2.75, 3.05) is 24.5 Å². The zero-order valence-corrected chi connectivity index (χ0v) is 11.5. The molecule has 0 saturated carbocycles. The first-order chi connectivity index (χ1) is 9.47. The summed E-state index contributed by atoms with van der Waals surface area (Å²) in [5, 5.41) is 3.40. The number of rotatable bonds is 1. The van der Waals surface area contributed by atoms with Gasteiger partial charge in [-0.05, 0) is 24.8 Å². The topological polar surface area (TPSA) is 28.2 Å². The molecule has 110 valence electrons. The number of nitrogens with one attached hydrogen (secondary N) is 1.